The molecule has 0 radical (unpaired) electrons. The van der Waals surface area contributed by atoms with Gasteiger partial charge in [-0.15, -0.1) is 0 Å². The van der Waals surface area contributed by atoms with Crippen molar-refractivity contribution in [2.24, 2.45) is 12.8 Å². The van der Waals surface area contributed by atoms with E-state index in [9.17, 15) is 0 Å². The van der Waals surface area contributed by atoms with Crippen molar-refractivity contribution in [1.82, 2.24) is 14.8 Å². The highest BCUT2D eigenvalue weighted by molar-refractivity contribution is 4.87. The lowest BCUT2D eigenvalue weighted by Crippen LogP contribution is -2.29. The van der Waals surface area contributed by atoms with Gasteiger partial charge in [-0.05, 0) is 6.92 Å². The molecule has 0 aliphatic rings. The molecule has 1 aromatic heterocycles. The molecule has 0 aliphatic heterocycles. The Hall–Kier alpha value is -0.940. The molecule has 0 aromatic carbocycles. The van der Waals surface area contributed by atoms with Crippen LogP contribution in [0.25, 0.3) is 0 Å². The average molecular weight is 184 g/mol. The van der Waals surface area contributed by atoms with Gasteiger partial charge in [-0.25, -0.2) is 4.98 Å². The molecule has 1 rings (SSSR count). The fourth-order valence-electron chi connectivity index (χ4n) is 1.07. The first-order valence-electron chi connectivity index (χ1n) is 4.40. The van der Waals surface area contributed by atoms with Crippen molar-refractivity contribution in [3.05, 3.63) is 12.2 Å². The number of nitrogens with zero attached hydrogens (tertiary/aromatic N) is 3. The van der Waals surface area contributed by atoms with Gasteiger partial charge >= 0.3 is 0 Å². The zero-order valence-electron chi connectivity index (χ0n) is 8.10. The minimum Gasteiger partial charge on any atom is -0.380 e. The number of hydrogen-bond donors (Lipinski definition) is 1. The molecule has 0 aliphatic carbocycles. The lowest BCUT2D eigenvalue weighted by atomic mass is 10.2. The normalized spacial score (nSPS) is 13.2. The van der Waals surface area contributed by atoms with E-state index in [0.717, 1.165) is 5.82 Å². The van der Waals surface area contributed by atoms with Gasteiger partial charge in [0.15, 0.2) is 0 Å². The molecule has 2 N–H and O–H groups in total. The van der Waals surface area contributed by atoms with Gasteiger partial charge in [-0.2, -0.15) is 5.10 Å². The van der Waals surface area contributed by atoms with E-state index >= 15 is 0 Å². The van der Waals surface area contributed by atoms with Crippen LogP contribution in [0, 0.1) is 0 Å². The van der Waals surface area contributed by atoms with Crippen LogP contribution in [-0.4, -0.2) is 34.0 Å². The number of nitrogens with two attached hydrogens (primary N) is 1. The topological polar surface area (TPSA) is 66.0 Å². The summed E-state index contributed by atoms with van der Waals surface area (Å²) in [5.41, 5.74) is 5.81. The van der Waals surface area contributed by atoms with E-state index in [1.54, 1.807) is 4.68 Å². The number of hydrogen-bond acceptors (Lipinski definition) is 4. The van der Waals surface area contributed by atoms with Gasteiger partial charge in [0.05, 0.1) is 6.61 Å². The van der Waals surface area contributed by atoms with E-state index in [1.165, 1.54) is 6.33 Å². The summed E-state index contributed by atoms with van der Waals surface area (Å²) < 4.78 is 6.93. The highest BCUT2D eigenvalue weighted by Gasteiger charge is 2.07. The molecule has 0 saturated heterocycles. The van der Waals surface area contributed by atoms with Crippen LogP contribution in [0.1, 0.15) is 12.7 Å². The zero-order valence-corrected chi connectivity index (χ0v) is 8.10. The van der Waals surface area contributed by atoms with Crippen LogP contribution in [0.2, 0.25) is 0 Å². The maximum atomic E-state index is 5.81. The second kappa shape index (κ2) is 4.94. The Balaban J connectivity index is 2.36. The van der Waals surface area contributed by atoms with E-state index in [4.69, 9.17) is 10.5 Å². The van der Waals surface area contributed by atoms with Crippen LogP contribution in [0.5, 0.6) is 0 Å². The molecule has 0 saturated carbocycles. The molecule has 0 fully saturated rings. The smallest absolute Gasteiger partial charge is 0.138 e. The molecule has 0 spiro atoms. The SMILES string of the molecule is CCOCC(N)Cc1ncnn1C. The number of rotatable bonds is 5. The first-order valence-corrected chi connectivity index (χ1v) is 4.40. The summed E-state index contributed by atoms with van der Waals surface area (Å²) in [4.78, 5) is 4.08. The van der Waals surface area contributed by atoms with Crippen LogP contribution in [0.15, 0.2) is 6.33 Å². The molecule has 74 valence electrons. The first-order chi connectivity index (χ1) is 6.24. The van der Waals surface area contributed by atoms with Crippen molar-refractivity contribution in [3.8, 4) is 0 Å². The Morgan fingerprint density at radius 3 is 3.00 bits per heavy atom. The molecular formula is C8H16N4O. The fourth-order valence-corrected chi connectivity index (χ4v) is 1.07. The minimum atomic E-state index is 0.00264. The van der Waals surface area contributed by atoms with Crippen molar-refractivity contribution >= 4 is 0 Å². The Morgan fingerprint density at radius 1 is 1.69 bits per heavy atom. The average Bonchev–Trinajstić information content (AvgIpc) is 2.48. The van der Waals surface area contributed by atoms with E-state index < -0.39 is 0 Å². The summed E-state index contributed by atoms with van der Waals surface area (Å²) in [7, 11) is 1.86. The molecule has 1 aromatic rings. The number of aryl methyl sites for hydroxylation is 1. The lowest BCUT2D eigenvalue weighted by molar-refractivity contribution is 0.132. The summed E-state index contributed by atoms with van der Waals surface area (Å²) >= 11 is 0. The molecule has 5 heteroatoms. The quantitative estimate of drug-likeness (QED) is 0.683. The van der Waals surface area contributed by atoms with Gasteiger partial charge in [0.25, 0.3) is 0 Å². The van der Waals surface area contributed by atoms with Gasteiger partial charge in [-0.1, -0.05) is 0 Å². The molecule has 0 amide bonds. The second-order valence-corrected chi connectivity index (χ2v) is 2.92. The Morgan fingerprint density at radius 2 is 2.46 bits per heavy atom. The maximum absolute atomic E-state index is 5.81. The largest absolute Gasteiger partial charge is 0.380 e. The van der Waals surface area contributed by atoms with E-state index in [0.29, 0.717) is 19.6 Å². The lowest BCUT2D eigenvalue weighted by Gasteiger charge is -2.09. The summed E-state index contributed by atoms with van der Waals surface area (Å²) in [6.45, 7) is 3.23. The third-order valence-corrected chi connectivity index (χ3v) is 1.79. The molecule has 1 heterocycles. The van der Waals surface area contributed by atoms with Crippen molar-refractivity contribution in [3.63, 3.8) is 0 Å². The van der Waals surface area contributed by atoms with Crippen LogP contribution in [0.3, 0.4) is 0 Å². The molecule has 1 atom stereocenters. The third kappa shape index (κ3) is 3.12. The van der Waals surface area contributed by atoms with Crippen molar-refractivity contribution in [1.29, 1.82) is 0 Å². The number of ether oxygens (including phenoxy) is 1. The van der Waals surface area contributed by atoms with Crippen LogP contribution in [-0.2, 0) is 18.2 Å². The highest BCUT2D eigenvalue weighted by atomic mass is 16.5. The fraction of sp³-hybridized carbons (Fsp3) is 0.750. The molecule has 13 heavy (non-hydrogen) atoms. The van der Waals surface area contributed by atoms with E-state index in [1.807, 2.05) is 14.0 Å². The molecule has 0 bridgehead atoms. The van der Waals surface area contributed by atoms with Crippen LogP contribution in [0.4, 0.5) is 0 Å². The maximum Gasteiger partial charge on any atom is 0.138 e. The summed E-state index contributed by atoms with van der Waals surface area (Å²) in [5, 5.41) is 3.96. The van der Waals surface area contributed by atoms with Gasteiger partial charge < -0.3 is 10.5 Å². The Bertz CT molecular complexity index is 248. The second-order valence-electron chi connectivity index (χ2n) is 2.92. The highest BCUT2D eigenvalue weighted by Crippen LogP contribution is 1.96. The van der Waals surface area contributed by atoms with E-state index in [2.05, 4.69) is 10.1 Å². The monoisotopic (exact) mass is 184 g/mol. The summed E-state index contributed by atoms with van der Waals surface area (Å²) in [6.07, 6.45) is 2.24. The first kappa shape index (κ1) is 10.1. The molecule has 5 nitrogen and oxygen atoms in total. The standard InChI is InChI=1S/C8H16N4O/c1-3-13-5-7(9)4-8-10-6-11-12(8)2/h6-7H,3-5,9H2,1-2H3. The summed E-state index contributed by atoms with van der Waals surface area (Å²) in [5.74, 6) is 0.896. The number of aromatic nitrogens is 3. The third-order valence-electron chi connectivity index (χ3n) is 1.79. The van der Waals surface area contributed by atoms with E-state index in [-0.39, 0.29) is 6.04 Å². The van der Waals surface area contributed by atoms with Gasteiger partial charge in [0.1, 0.15) is 12.2 Å². The minimum absolute atomic E-state index is 0.00264. The van der Waals surface area contributed by atoms with Gasteiger partial charge in [0.2, 0.25) is 0 Å². The Kier molecular flexibility index (Phi) is 3.85. The Labute approximate surface area is 77.9 Å². The predicted octanol–water partition coefficient (Wildman–Crippen LogP) is -0.279. The zero-order chi connectivity index (χ0) is 9.68. The summed E-state index contributed by atoms with van der Waals surface area (Å²) in [6, 6.07) is 0.00264. The van der Waals surface area contributed by atoms with Crippen molar-refractivity contribution in [2.75, 3.05) is 13.2 Å². The molecule has 1 unspecified atom stereocenters. The predicted molar refractivity (Wildman–Crippen MR) is 49.2 cm³/mol. The van der Waals surface area contributed by atoms with Crippen LogP contribution >= 0.6 is 0 Å². The molecular weight excluding hydrogens is 168 g/mol. The van der Waals surface area contributed by atoms with Crippen molar-refractivity contribution in [2.45, 2.75) is 19.4 Å². The van der Waals surface area contributed by atoms with Crippen molar-refractivity contribution < 1.29 is 4.74 Å². The van der Waals surface area contributed by atoms with Gasteiger partial charge in [0, 0.05) is 26.1 Å². The van der Waals surface area contributed by atoms with Gasteiger partial charge in [-0.3, -0.25) is 4.68 Å². The van der Waals surface area contributed by atoms with Crippen LogP contribution < -0.4 is 5.73 Å².